The van der Waals surface area contributed by atoms with Crippen LogP contribution < -0.4 is 0 Å². The molecule has 4 aromatic carbocycles. The number of hydrogen-bond acceptors (Lipinski definition) is 13. The van der Waals surface area contributed by atoms with Gasteiger partial charge in [-0.3, -0.25) is 4.79 Å². The summed E-state index contributed by atoms with van der Waals surface area (Å²) in [4.78, 5) is 37.7. The van der Waals surface area contributed by atoms with Gasteiger partial charge in [0.1, 0.15) is 64.3 Å². The number of phenolic OH excluding ortho intramolecular Hbond substituents is 2. The number of rotatable bonds is 15. The monoisotopic (exact) mass is 818 g/mol. The number of aliphatic hydroxyl groups excluding tert-OH is 1. The standard InChI is InChI=1S/C24H27N3O6.C21H23N3O3/c1-14(2)24(31)33-13-18(28)12-32-22(29)8-6-17-10-16(4)23(30)21(11-17)27-25-19-7-5-15(3)9-20(19)26-27;1-13(2)21(26)27-9-5-6-16-11-15(4)20(25)19(12-16)24-22-17-8-7-14(3)10-18(17)23-24/h5,7,9-11,18,28,30H,1,6,8,12-13H2,2-4H3;7-8,10-12,25H,1,5-6,9H2,2-4H3. The second kappa shape index (κ2) is 19.7. The van der Waals surface area contributed by atoms with Gasteiger partial charge in [0.25, 0.3) is 0 Å². The predicted octanol–water partition coefficient (Wildman–Crippen LogP) is 6.49. The lowest BCUT2D eigenvalue weighted by molar-refractivity contribution is -0.150. The minimum absolute atomic E-state index is 0.0609. The topological polar surface area (TPSA) is 201 Å². The number of aromatic nitrogens is 6. The van der Waals surface area contributed by atoms with Crippen LogP contribution in [0.3, 0.4) is 0 Å². The van der Waals surface area contributed by atoms with Crippen LogP contribution in [0.15, 0.2) is 85.0 Å². The van der Waals surface area contributed by atoms with E-state index < -0.39 is 18.0 Å². The van der Waals surface area contributed by atoms with Crippen molar-refractivity contribution in [2.75, 3.05) is 19.8 Å². The van der Waals surface area contributed by atoms with Gasteiger partial charge in [0.2, 0.25) is 0 Å². The number of carbonyl (C=O) groups is 3. The summed E-state index contributed by atoms with van der Waals surface area (Å²) in [5.41, 5.74) is 9.90. The molecule has 6 aromatic rings. The van der Waals surface area contributed by atoms with Crippen LogP contribution in [-0.4, -0.2) is 89.1 Å². The molecule has 0 aliphatic carbocycles. The van der Waals surface area contributed by atoms with E-state index >= 15 is 0 Å². The number of ether oxygens (including phenoxy) is 3. The molecule has 0 aliphatic heterocycles. The van der Waals surface area contributed by atoms with Crippen molar-refractivity contribution in [3.05, 3.63) is 118 Å². The molecular weight excluding hydrogens is 769 g/mol. The molecule has 1 unspecified atom stereocenters. The minimum Gasteiger partial charge on any atom is -0.505 e. The molecule has 15 nitrogen and oxygen atoms in total. The van der Waals surface area contributed by atoms with Crippen LogP contribution in [-0.2, 0) is 41.4 Å². The fourth-order valence-corrected chi connectivity index (χ4v) is 5.94. The number of carbonyl (C=O) groups excluding carboxylic acids is 3. The van der Waals surface area contributed by atoms with Gasteiger partial charge < -0.3 is 29.5 Å². The maximum atomic E-state index is 12.1. The summed E-state index contributed by atoms with van der Waals surface area (Å²) in [7, 11) is 0. The van der Waals surface area contributed by atoms with Gasteiger partial charge in [-0.1, -0.05) is 37.4 Å². The number of benzene rings is 4. The first kappa shape index (κ1) is 44.2. The maximum Gasteiger partial charge on any atom is 0.333 e. The molecule has 0 spiro atoms. The highest BCUT2D eigenvalue weighted by molar-refractivity contribution is 5.87. The van der Waals surface area contributed by atoms with E-state index in [2.05, 4.69) is 33.6 Å². The largest absolute Gasteiger partial charge is 0.505 e. The lowest BCUT2D eigenvalue weighted by Crippen LogP contribution is -2.25. The summed E-state index contributed by atoms with van der Waals surface area (Å²) in [5.74, 6) is -1.28. The van der Waals surface area contributed by atoms with Crippen molar-refractivity contribution in [1.29, 1.82) is 0 Å². The Morgan fingerprint density at radius 3 is 1.58 bits per heavy atom. The number of hydrogen-bond donors (Lipinski definition) is 3. The molecule has 2 heterocycles. The van der Waals surface area contributed by atoms with Crippen LogP contribution in [0, 0.1) is 27.7 Å². The Labute approximate surface area is 347 Å². The van der Waals surface area contributed by atoms with Crippen LogP contribution in [0.4, 0.5) is 0 Å². The van der Waals surface area contributed by atoms with Gasteiger partial charge >= 0.3 is 17.9 Å². The van der Waals surface area contributed by atoms with Crippen molar-refractivity contribution >= 4 is 40.0 Å². The number of fused-ring (bicyclic) bond motifs is 2. The van der Waals surface area contributed by atoms with Crippen molar-refractivity contribution in [1.82, 2.24) is 30.0 Å². The molecule has 15 heteroatoms. The van der Waals surface area contributed by atoms with Crippen LogP contribution in [0.5, 0.6) is 11.5 Å². The summed E-state index contributed by atoms with van der Waals surface area (Å²) < 4.78 is 15.0. The third-order valence-corrected chi connectivity index (χ3v) is 9.18. The van der Waals surface area contributed by atoms with Gasteiger partial charge in [0.15, 0.2) is 0 Å². The van der Waals surface area contributed by atoms with Crippen molar-refractivity contribution in [2.24, 2.45) is 0 Å². The molecular formula is C45H50N6O9. The molecule has 1 atom stereocenters. The fraction of sp³-hybridized carbons (Fsp3) is 0.311. The highest BCUT2D eigenvalue weighted by Crippen LogP contribution is 2.30. The Hall–Kier alpha value is -6.87. The van der Waals surface area contributed by atoms with E-state index in [9.17, 15) is 29.7 Å². The van der Waals surface area contributed by atoms with E-state index in [-0.39, 0.29) is 42.7 Å². The van der Waals surface area contributed by atoms with Gasteiger partial charge in [-0.25, -0.2) is 9.59 Å². The van der Waals surface area contributed by atoms with Gasteiger partial charge in [0.05, 0.1) is 6.61 Å². The number of aryl methyl sites for hydroxylation is 6. The Balaban J connectivity index is 0.000000232. The summed E-state index contributed by atoms with van der Waals surface area (Å²) in [6.07, 6.45) is 0.681. The molecule has 6 rings (SSSR count). The minimum atomic E-state index is -1.12. The number of aliphatic hydroxyl groups is 1. The van der Waals surface area contributed by atoms with Gasteiger partial charge in [-0.2, -0.15) is 0 Å². The first-order valence-corrected chi connectivity index (χ1v) is 19.3. The highest BCUT2D eigenvalue weighted by Gasteiger charge is 2.17. The van der Waals surface area contributed by atoms with Crippen LogP contribution >= 0.6 is 0 Å². The zero-order valence-corrected chi connectivity index (χ0v) is 34.7. The lowest BCUT2D eigenvalue weighted by Gasteiger charge is -2.12. The first-order valence-electron chi connectivity index (χ1n) is 19.3. The van der Waals surface area contributed by atoms with Crippen molar-refractivity contribution in [2.45, 2.75) is 73.3 Å². The maximum absolute atomic E-state index is 12.1. The molecule has 3 N–H and O–H groups in total. The van der Waals surface area contributed by atoms with E-state index in [0.717, 1.165) is 38.9 Å². The zero-order chi connectivity index (χ0) is 43.7. The Morgan fingerprint density at radius 1 is 0.633 bits per heavy atom. The molecule has 0 saturated carbocycles. The SMILES string of the molecule is C=C(C)C(=O)OCC(O)COC(=O)CCc1cc(C)c(O)c(-n2nc3ccc(C)cc3n2)c1.C=C(C)C(=O)OCCCc1cc(C)c(O)c(-n2nc3ccc(C)cc3n2)c1. The van der Waals surface area contributed by atoms with Gasteiger partial charge in [-0.15, -0.1) is 30.0 Å². The Morgan fingerprint density at radius 2 is 1.08 bits per heavy atom. The summed E-state index contributed by atoms with van der Waals surface area (Å²) in [6, 6.07) is 18.9. The zero-order valence-electron chi connectivity index (χ0n) is 34.7. The number of nitrogens with zero attached hydrogens (tertiary/aromatic N) is 6. The third kappa shape index (κ3) is 11.6. The quantitative estimate of drug-likeness (QED) is 0.0440. The highest BCUT2D eigenvalue weighted by atomic mass is 16.6. The van der Waals surface area contributed by atoms with Gasteiger partial charge in [0, 0.05) is 17.6 Å². The molecule has 0 fully saturated rings. The molecule has 0 bridgehead atoms. The second-order valence-corrected chi connectivity index (χ2v) is 14.8. The van der Waals surface area contributed by atoms with Crippen LogP contribution in [0.2, 0.25) is 0 Å². The molecule has 314 valence electrons. The molecule has 0 aliphatic rings. The molecule has 2 aromatic heterocycles. The van der Waals surface area contributed by atoms with Gasteiger partial charge in [-0.05, 0) is 131 Å². The average Bonchev–Trinajstić information content (AvgIpc) is 3.83. The van der Waals surface area contributed by atoms with E-state index in [0.29, 0.717) is 59.4 Å². The van der Waals surface area contributed by atoms with Crippen LogP contribution in [0.25, 0.3) is 33.4 Å². The van der Waals surface area contributed by atoms with E-state index in [1.165, 1.54) is 16.5 Å². The molecule has 60 heavy (non-hydrogen) atoms. The first-order chi connectivity index (χ1) is 28.5. The number of esters is 3. The van der Waals surface area contributed by atoms with Crippen molar-refractivity contribution in [3.8, 4) is 22.9 Å². The Kier molecular flexibility index (Phi) is 14.5. The fourth-order valence-electron chi connectivity index (χ4n) is 5.94. The van der Waals surface area contributed by atoms with Crippen molar-refractivity contribution in [3.63, 3.8) is 0 Å². The van der Waals surface area contributed by atoms with E-state index in [4.69, 9.17) is 14.2 Å². The smallest absolute Gasteiger partial charge is 0.333 e. The third-order valence-electron chi connectivity index (χ3n) is 9.18. The normalized spacial score (nSPS) is 11.4. The van der Waals surface area contributed by atoms with Crippen LogP contribution in [0.1, 0.15) is 60.1 Å². The molecule has 0 radical (unpaired) electrons. The van der Waals surface area contributed by atoms with Crippen molar-refractivity contribution < 1.29 is 43.9 Å². The number of phenols is 2. The summed E-state index contributed by atoms with van der Waals surface area (Å²) in [5, 5.41) is 48.7. The average molecular weight is 819 g/mol. The number of aromatic hydroxyl groups is 2. The molecule has 0 saturated heterocycles. The van der Waals surface area contributed by atoms with E-state index in [1.807, 2.05) is 69.3 Å². The Bertz CT molecular complexity index is 2570. The predicted molar refractivity (Wildman–Crippen MR) is 225 cm³/mol. The molecule has 0 amide bonds. The second-order valence-electron chi connectivity index (χ2n) is 14.8. The summed E-state index contributed by atoms with van der Waals surface area (Å²) >= 11 is 0. The summed E-state index contributed by atoms with van der Waals surface area (Å²) in [6.45, 7) is 17.5. The lowest BCUT2D eigenvalue weighted by atomic mass is 10.0. The van der Waals surface area contributed by atoms with E-state index in [1.54, 1.807) is 26.0 Å².